The van der Waals surface area contributed by atoms with Crippen molar-refractivity contribution < 1.29 is 0 Å². The molecule has 1 N–H and O–H groups in total. The van der Waals surface area contributed by atoms with Crippen molar-refractivity contribution in [2.24, 2.45) is 0 Å². The number of halogens is 1. The minimum absolute atomic E-state index is 0.310. The predicted octanol–water partition coefficient (Wildman–Crippen LogP) is 3.40. The third-order valence-electron chi connectivity index (χ3n) is 2.28. The first kappa shape index (κ1) is 12.1. The molecule has 0 aliphatic heterocycles. The van der Waals surface area contributed by atoms with Crippen LogP contribution in [-0.2, 0) is 0 Å². The minimum Gasteiger partial charge on any atom is -0.310 e. The van der Waals surface area contributed by atoms with Gasteiger partial charge in [-0.1, -0.05) is 30.7 Å². The molecule has 0 saturated heterocycles. The Morgan fingerprint density at radius 2 is 2.33 bits per heavy atom. The third kappa shape index (κ3) is 3.95. The van der Waals surface area contributed by atoms with Crippen LogP contribution in [0.25, 0.3) is 0 Å². The van der Waals surface area contributed by atoms with E-state index in [9.17, 15) is 0 Å². The molecule has 1 rings (SSSR count). The first-order valence-electron chi connectivity index (χ1n) is 5.20. The first-order valence-corrected chi connectivity index (χ1v) is 5.58. The molecule has 0 fully saturated rings. The van der Waals surface area contributed by atoms with E-state index in [2.05, 4.69) is 24.2 Å². The lowest BCUT2D eigenvalue weighted by atomic mass is 10.0. The van der Waals surface area contributed by atoms with Crippen LogP contribution < -0.4 is 5.32 Å². The van der Waals surface area contributed by atoms with Crippen molar-refractivity contribution in [1.82, 2.24) is 5.32 Å². The molecule has 0 heterocycles. The molecule has 0 aromatic heterocycles. The highest BCUT2D eigenvalue weighted by Gasteiger charge is 2.09. The van der Waals surface area contributed by atoms with Crippen LogP contribution in [0.1, 0.15) is 31.4 Å². The van der Waals surface area contributed by atoms with E-state index >= 15 is 0 Å². The van der Waals surface area contributed by atoms with Gasteiger partial charge in [-0.25, -0.2) is 0 Å². The molecule has 0 amide bonds. The summed E-state index contributed by atoms with van der Waals surface area (Å²) in [7, 11) is 0. The molecule has 15 heavy (non-hydrogen) atoms. The highest BCUT2D eigenvalue weighted by atomic mass is 35.5. The molecule has 0 aliphatic carbocycles. The molecule has 80 valence electrons. The Balaban J connectivity index is 2.74. The van der Waals surface area contributed by atoms with Crippen molar-refractivity contribution in [3.05, 3.63) is 34.9 Å². The Morgan fingerprint density at radius 3 is 2.93 bits per heavy atom. The average molecular weight is 222 g/mol. The number of hydrogen-bond donors (Lipinski definition) is 1. The molecular formula is C13H16ClN. The summed E-state index contributed by atoms with van der Waals surface area (Å²) in [5, 5.41) is 4.18. The minimum atomic E-state index is 0.310. The van der Waals surface area contributed by atoms with Crippen LogP contribution in [0.4, 0.5) is 0 Å². The molecule has 2 heteroatoms. The first-order chi connectivity index (χ1) is 7.27. The molecule has 0 bridgehead atoms. The van der Waals surface area contributed by atoms with E-state index in [1.165, 1.54) is 5.56 Å². The van der Waals surface area contributed by atoms with E-state index in [1.807, 2.05) is 18.2 Å². The highest BCUT2D eigenvalue weighted by molar-refractivity contribution is 6.30. The summed E-state index contributed by atoms with van der Waals surface area (Å²) in [5.74, 6) is 2.67. The second kappa shape index (κ2) is 6.50. The number of terminal acetylenes is 1. The van der Waals surface area contributed by atoms with E-state index in [4.69, 9.17) is 18.0 Å². The van der Waals surface area contributed by atoms with Crippen LogP contribution in [0, 0.1) is 12.3 Å². The topological polar surface area (TPSA) is 12.0 Å². The lowest BCUT2D eigenvalue weighted by Gasteiger charge is -2.17. The fraction of sp³-hybridized carbons (Fsp3) is 0.385. The Bertz CT molecular complexity index is 341. The van der Waals surface area contributed by atoms with Crippen LogP contribution in [0.2, 0.25) is 5.02 Å². The van der Waals surface area contributed by atoms with Crippen LogP contribution in [-0.4, -0.2) is 6.54 Å². The monoisotopic (exact) mass is 221 g/mol. The third-order valence-corrected chi connectivity index (χ3v) is 2.51. The van der Waals surface area contributed by atoms with E-state index in [0.29, 0.717) is 6.04 Å². The Morgan fingerprint density at radius 1 is 1.53 bits per heavy atom. The van der Waals surface area contributed by atoms with Gasteiger partial charge in [0.15, 0.2) is 0 Å². The van der Waals surface area contributed by atoms with Crippen molar-refractivity contribution in [3.8, 4) is 12.3 Å². The van der Waals surface area contributed by atoms with E-state index in [-0.39, 0.29) is 0 Å². The summed E-state index contributed by atoms with van der Waals surface area (Å²) in [6, 6.07) is 8.23. The predicted molar refractivity (Wildman–Crippen MR) is 65.9 cm³/mol. The quantitative estimate of drug-likeness (QED) is 0.752. The van der Waals surface area contributed by atoms with Gasteiger partial charge in [0.1, 0.15) is 0 Å². The molecular weight excluding hydrogens is 206 g/mol. The van der Waals surface area contributed by atoms with Gasteiger partial charge in [0.05, 0.1) is 0 Å². The maximum Gasteiger partial charge on any atom is 0.0409 e. The van der Waals surface area contributed by atoms with Gasteiger partial charge in [-0.15, -0.1) is 12.3 Å². The summed E-state index contributed by atoms with van der Waals surface area (Å²) in [4.78, 5) is 0. The standard InChI is InChI=1S/C13H16ClN/c1-3-5-9-13(15-4-2)11-7-6-8-12(14)10-11/h1,6-8,10,13,15H,4-5,9H2,2H3. The van der Waals surface area contributed by atoms with Gasteiger partial charge in [0.2, 0.25) is 0 Å². The molecule has 1 atom stereocenters. The molecule has 1 aromatic rings. The van der Waals surface area contributed by atoms with Gasteiger partial charge >= 0.3 is 0 Å². The zero-order chi connectivity index (χ0) is 11.1. The van der Waals surface area contributed by atoms with Gasteiger partial charge in [-0.3, -0.25) is 0 Å². The average Bonchev–Trinajstić information content (AvgIpc) is 2.24. The molecule has 1 nitrogen and oxygen atoms in total. The maximum atomic E-state index is 5.96. The summed E-state index contributed by atoms with van der Waals surface area (Å²) < 4.78 is 0. The lowest BCUT2D eigenvalue weighted by Crippen LogP contribution is -2.20. The molecule has 1 aromatic carbocycles. The molecule has 0 aliphatic rings. The number of hydrogen-bond acceptors (Lipinski definition) is 1. The second-order valence-electron chi connectivity index (χ2n) is 3.41. The van der Waals surface area contributed by atoms with Crippen molar-refractivity contribution in [2.75, 3.05) is 6.54 Å². The van der Waals surface area contributed by atoms with Gasteiger partial charge < -0.3 is 5.32 Å². The van der Waals surface area contributed by atoms with E-state index in [1.54, 1.807) is 0 Å². The summed E-state index contributed by atoms with van der Waals surface area (Å²) in [6.07, 6.45) is 7.01. The normalized spacial score (nSPS) is 12.1. The lowest BCUT2D eigenvalue weighted by molar-refractivity contribution is 0.523. The van der Waals surface area contributed by atoms with E-state index < -0.39 is 0 Å². The fourth-order valence-electron chi connectivity index (χ4n) is 1.58. The van der Waals surface area contributed by atoms with Crippen LogP contribution >= 0.6 is 11.6 Å². The zero-order valence-electron chi connectivity index (χ0n) is 8.96. The summed E-state index contributed by atoms with van der Waals surface area (Å²) in [6.45, 7) is 3.02. The molecule has 0 saturated carbocycles. The Labute approximate surface area is 96.8 Å². The van der Waals surface area contributed by atoms with Crippen molar-refractivity contribution >= 4 is 11.6 Å². The molecule has 1 unspecified atom stereocenters. The Kier molecular flexibility index (Phi) is 5.25. The Hall–Kier alpha value is -0.970. The van der Waals surface area contributed by atoms with Crippen molar-refractivity contribution in [3.63, 3.8) is 0 Å². The van der Waals surface area contributed by atoms with E-state index in [0.717, 1.165) is 24.4 Å². The SMILES string of the molecule is C#CCCC(NCC)c1cccc(Cl)c1. The largest absolute Gasteiger partial charge is 0.310 e. The van der Waals surface area contributed by atoms with Crippen molar-refractivity contribution in [2.45, 2.75) is 25.8 Å². The molecule has 0 spiro atoms. The zero-order valence-corrected chi connectivity index (χ0v) is 9.72. The smallest absolute Gasteiger partial charge is 0.0409 e. The summed E-state index contributed by atoms with van der Waals surface area (Å²) >= 11 is 5.96. The second-order valence-corrected chi connectivity index (χ2v) is 3.84. The summed E-state index contributed by atoms with van der Waals surface area (Å²) in [5.41, 5.74) is 1.21. The van der Waals surface area contributed by atoms with Gasteiger partial charge in [0, 0.05) is 17.5 Å². The van der Waals surface area contributed by atoms with Crippen LogP contribution in [0.15, 0.2) is 24.3 Å². The fourth-order valence-corrected chi connectivity index (χ4v) is 1.78. The molecule has 0 radical (unpaired) electrons. The van der Waals surface area contributed by atoms with Gasteiger partial charge in [-0.05, 0) is 30.7 Å². The maximum absolute atomic E-state index is 5.96. The number of benzene rings is 1. The van der Waals surface area contributed by atoms with Gasteiger partial charge in [0.25, 0.3) is 0 Å². The van der Waals surface area contributed by atoms with Gasteiger partial charge in [-0.2, -0.15) is 0 Å². The number of nitrogens with one attached hydrogen (secondary N) is 1. The van der Waals surface area contributed by atoms with Crippen LogP contribution in [0.3, 0.4) is 0 Å². The van der Waals surface area contributed by atoms with Crippen molar-refractivity contribution in [1.29, 1.82) is 0 Å². The number of rotatable bonds is 5. The van der Waals surface area contributed by atoms with Crippen LogP contribution in [0.5, 0.6) is 0 Å². The highest BCUT2D eigenvalue weighted by Crippen LogP contribution is 2.21.